The number of rotatable bonds is 4. The molecule has 2 nitrogen and oxygen atoms in total. The first-order valence-corrected chi connectivity index (χ1v) is 5.48. The van der Waals surface area contributed by atoms with Gasteiger partial charge in [-0.15, -0.1) is 13.2 Å². The van der Waals surface area contributed by atoms with Crippen LogP contribution in [-0.2, 0) is 5.41 Å². The van der Waals surface area contributed by atoms with Gasteiger partial charge in [0.2, 0.25) is 0 Å². The van der Waals surface area contributed by atoms with Crippen molar-refractivity contribution in [3.63, 3.8) is 0 Å². The SMILES string of the molecule is CC(C)(C=C(F)CO)c1ccc(OC(F)(F)F)cc1. The number of hydrogen-bond donors (Lipinski definition) is 1. The lowest BCUT2D eigenvalue weighted by atomic mass is 9.84. The second-order valence-corrected chi connectivity index (χ2v) is 4.54. The third kappa shape index (κ3) is 4.90. The van der Waals surface area contributed by atoms with Crippen molar-refractivity contribution in [2.45, 2.75) is 25.6 Å². The fourth-order valence-corrected chi connectivity index (χ4v) is 1.61. The van der Waals surface area contributed by atoms with E-state index in [1.807, 2.05) is 0 Å². The number of aliphatic hydroxyl groups excluding tert-OH is 1. The molecule has 0 bridgehead atoms. The minimum absolute atomic E-state index is 0.335. The van der Waals surface area contributed by atoms with E-state index < -0.39 is 24.2 Å². The molecule has 1 aromatic rings. The molecule has 0 saturated carbocycles. The van der Waals surface area contributed by atoms with Gasteiger partial charge in [-0.25, -0.2) is 4.39 Å². The number of allylic oxidation sites excluding steroid dienone is 1. The first-order chi connectivity index (χ1) is 8.64. The number of hydrogen-bond acceptors (Lipinski definition) is 2. The zero-order valence-corrected chi connectivity index (χ0v) is 10.5. The highest BCUT2D eigenvalue weighted by atomic mass is 19.4. The highest BCUT2D eigenvalue weighted by Gasteiger charge is 2.31. The minimum atomic E-state index is -4.74. The van der Waals surface area contributed by atoms with Crippen LogP contribution in [0.4, 0.5) is 17.6 Å². The molecule has 1 aromatic carbocycles. The second kappa shape index (κ2) is 5.61. The summed E-state index contributed by atoms with van der Waals surface area (Å²) in [7, 11) is 0. The monoisotopic (exact) mass is 278 g/mol. The Balaban J connectivity index is 2.92. The number of benzene rings is 1. The van der Waals surface area contributed by atoms with Gasteiger partial charge < -0.3 is 9.84 Å². The van der Waals surface area contributed by atoms with Crippen molar-refractivity contribution in [3.8, 4) is 5.75 Å². The maximum absolute atomic E-state index is 13.1. The number of alkyl halides is 3. The van der Waals surface area contributed by atoms with E-state index in [1.165, 1.54) is 18.2 Å². The lowest BCUT2D eigenvalue weighted by molar-refractivity contribution is -0.274. The van der Waals surface area contributed by atoms with Crippen molar-refractivity contribution in [1.29, 1.82) is 0 Å². The molecule has 0 heterocycles. The Morgan fingerprint density at radius 2 is 1.74 bits per heavy atom. The number of halogens is 4. The summed E-state index contributed by atoms with van der Waals surface area (Å²) in [5, 5.41) is 8.63. The van der Waals surface area contributed by atoms with E-state index in [4.69, 9.17) is 5.11 Å². The van der Waals surface area contributed by atoms with Crippen molar-refractivity contribution in [2.24, 2.45) is 0 Å². The molecule has 0 aliphatic rings. The van der Waals surface area contributed by atoms with E-state index in [9.17, 15) is 17.6 Å². The van der Waals surface area contributed by atoms with Crippen molar-refractivity contribution in [3.05, 3.63) is 41.7 Å². The number of ether oxygens (including phenoxy) is 1. The molecule has 0 radical (unpaired) electrons. The van der Waals surface area contributed by atoms with Gasteiger partial charge in [-0.3, -0.25) is 0 Å². The predicted octanol–water partition coefficient (Wildman–Crippen LogP) is 3.71. The molecule has 19 heavy (non-hydrogen) atoms. The zero-order chi connectivity index (χ0) is 14.7. The van der Waals surface area contributed by atoms with E-state index >= 15 is 0 Å². The fraction of sp³-hybridized carbons (Fsp3) is 0.385. The zero-order valence-electron chi connectivity index (χ0n) is 10.5. The fourth-order valence-electron chi connectivity index (χ4n) is 1.61. The molecule has 0 saturated heterocycles. The topological polar surface area (TPSA) is 29.5 Å². The van der Waals surface area contributed by atoms with Crippen LogP contribution in [-0.4, -0.2) is 18.1 Å². The Hall–Kier alpha value is -1.56. The normalized spacial score (nSPS) is 13.5. The third-order valence-electron chi connectivity index (χ3n) is 2.50. The molecule has 1 N–H and O–H groups in total. The molecule has 0 aliphatic carbocycles. The highest BCUT2D eigenvalue weighted by Crippen LogP contribution is 2.29. The van der Waals surface area contributed by atoms with Gasteiger partial charge in [-0.05, 0) is 23.8 Å². The molecule has 1 rings (SSSR count). The van der Waals surface area contributed by atoms with Crippen LogP contribution in [0.25, 0.3) is 0 Å². The third-order valence-corrected chi connectivity index (χ3v) is 2.50. The Morgan fingerprint density at radius 1 is 1.21 bits per heavy atom. The van der Waals surface area contributed by atoms with Gasteiger partial charge in [-0.1, -0.05) is 26.0 Å². The van der Waals surface area contributed by atoms with Crippen molar-refractivity contribution in [2.75, 3.05) is 6.61 Å². The summed E-state index contributed by atoms with van der Waals surface area (Å²) >= 11 is 0. The molecule has 0 unspecified atom stereocenters. The molecule has 0 amide bonds. The first kappa shape index (κ1) is 15.5. The van der Waals surface area contributed by atoms with Gasteiger partial charge in [-0.2, -0.15) is 0 Å². The summed E-state index contributed by atoms with van der Waals surface area (Å²) in [5.41, 5.74) is -0.144. The predicted molar refractivity (Wildman–Crippen MR) is 62.4 cm³/mol. The van der Waals surface area contributed by atoms with E-state index in [1.54, 1.807) is 13.8 Å². The average molecular weight is 278 g/mol. The Bertz CT molecular complexity index is 447. The molecule has 0 atom stereocenters. The maximum atomic E-state index is 13.1. The van der Waals surface area contributed by atoms with Crippen LogP contribution in [0.15, 0.2) is 36.2 Å². The minimum Gasteiger partial charge on any atom is -0.406 e. The second-order valence-electron chi connectivity index (χ2n) is 4.54. The van der Waals surface area contributed by atoms with Gasteiger partial charge in [0.1, 0.15) is 11.6 Å². The summed E-state index contributed by atoms with van der Waals surface area (Å²) in [6.07, 6.45) is -3.52. The molecule has 0 aliphatic heterocycles. The lowest BCUT2D eigenvalue weighted by Gasteiger charge is -2.21. The van der Waals surface area contributed by atoms with Crippen molar-refractivity contribution < 1.29 is 27.4 Å². The van der Waals surface area contributed by atoms with Gasteiger partial charge in [0.05, 0.1) is 6.61 Å². The van der Waals surface area contributed by atoms with Crippen LogP contribution in [0.5, 0.6) is 5.75 Å². The van der Waals surface area contributed by atoms with Crippen LogP contribution in [0.3, 0.4) is 0 Å². The molecule has 0 aromatic heterocycles. The largest absolute Gasteiger partial charge is 0.573 e. The van der Waals surface area contributed by atoms with Crippen LogP contribution in [0, 0.1) is 0 Å². The van der Waals surface area contributed by atoms with Crippen molar-refractivity contribution >= 4 is 0 Å². The Kier molecular flexibility index (Phi) is 4.57. The Morgan fingerprint density at radius 3 is 2.16 bits per heavy atom. The van der Waals surface area contributed by atoms with Gasteiger partial charge in [0.25, 0.3) is 0 Å². The van der Waals surface area contributed by atoms with E-state index in [0.29, 0.717) is 5.56 Å². The van der Waals surface area contributed by atoms with Gasteiger partial charge in [0.15, 0.2) is 0 Å². The quantitative estimate of drug-likeness (QED) is 0.851. The smallest absolute Gasteiger partial charge is 0.406 e. The highest BCUT2D eigenvalue weighted by molar-refractivity contribution is 5.35. The summed E-state index contributed by atoms with van der Waals surface area (Å²) in [5.74, 6) is -1.03. The summed E-state index contributed by atoms with van der Waals surface area (Å²) in [6, 6.07) is 5.16. The molecular weight excluding hydrogens is 264 g/mol. The van der Waals surface area contributed by atoms with E-state index in [0.717, 1.165) is 12.1 Å². The molecular formula is C13H14F4O2. The molecule has 0 fully saturated rings. The van der Waals surface area contributed by atoms with Gasteiger partial charge >= 0.3 is 6.36 Å². The summed E-state index contributed by atoms with van der Waals surface area (Å²) in [4.78, 5) is 0. The summed E-state index contributed by atoms with van der Waals surface area (Å²) in [6.45, 7) is 2.66. The van der Waals surface area contributed by atoms with Crippen LogP contribution in [0.1, 0.15) is 19.4 Å². The molecule has 106 valence electrons. The van der Waals surface area contributed by atoms with Crippen molar-refractivity contribution in [1.82, 2.24) is 0 Å². The van der Waals surface area contributed by atoms with E-state index in [-0.39, 0.29) is 5.75 Å². The van der Waals surface area contributed by atoms with Crippen LogP contribution >= 0.6 is 0 Å². The van der Waals surface area contributed by atoms with Gasteiger partial charge in [0, 0.05) is 5.41 Å². The van der Waals surface area contributed by atoms with Crippen LogP contribution in [0.2, 0.25) is 0 Å². The molecule has 0 spiro atoms. The number of aliphatic hydroxyl groups is 1. The lowest BCUT2D eigenvalue weighted by Crippen LogP contribution is -2.18. The van der Waals surface area contributed by atoms with Crippen LogP contribution < -0.4 is 4.74 Å². The van der Waals surface area contributed by atoms with E-state index in [2.05, 4.69) is 4.74 Å². The maximum Gasteiger partial charge on any atom is 0.573 e. The first-order valence-electron chi connectivity index (χ1n) is 5.48. The molecule has 6 heteroatoms. The summed E-state index contributed by atoms with van der Waals surface area (Å²) < 4.78 is 52.7. The standard InChI is InChI=1S/C13H14F4O2/c1-12(2,7-10(14)8-18)9-3-5-11(6-4-9)19-13(15,16)17/h3-7,18H,8H2,1-2H3. The average Bonchev–Trinajstić information content (AvgIpc) is 2.26. The Labute approximate surface area is 108 Å².